The maximum absolute atomic E-state index is 13.8. The van der Waals surface area contributed by atoms with E-state index in [1.807, 2.05) is 4.90 Å². The van der Waals surface area contributed by atoms with Crippen molar-refractivity contribution >= 4 is 29.3 Å². The quantitative estimate of drug-likeness (QED) is 0.771. The molecule has 25 heavy (non-hydrogen) atoms. The topological polar surface area (TPSA) is 23.6 Å². The Labute approximate surface area is 150 Å². The molecule has 0 spiro atoms. The highest BCUT2D eigenvalue weighted by atomic mass is 35.5. The summed E-state index contributed by atoms with van der Waals surface area (Å²) in [5.41, 5.74) is 1.22. The van der Waals surface area contributed by atoms with Crippen LogP contribution in [-0.4, -0.2) is 37.0 Å². The van der Waals surface area contributed by atoms with E-state index in [4.69, 9.17) is 11.6 Å². The molecule has 0 saturated carbocycles. The van der Waals surface area contributed by atoms with Gasteiger partial charge in [-0.15, -0.1) is 0 Å². The predicted octanol–water partition coefficient (Wildman–Crippen LogP) is 3.98. The smallest absolute Gasteiger partial charge is 0.246 e. The van der Waals surface area contributed by atoms with Crippen LogP contribution in [0.4, 0.5) is 14.5 Å². The summed E-state index contributed by atoms with van der Waals surface area (Å²) in [5.74, 6) is -0.876. The van der Waals surface area contributed by atoms with Gasteiger partial charge in [-0.1, -0.05) is 29.8 Å². The van der Waals surface area contributed by atoms with Gasteiger partial charge in [0.25, 0.3) is 0 Å². The predicted molar refractivity (Wildman–Crippen MR) is 95.6 cm³/mol. The Bertz CT molecular complexity index is 802. The van der Waals surface area contributed by atoms with Gasteiger partial charge >= 0.3 is 0 Å². The lowest BCUT2D eigenvalue weighted by molar-refractivity contribution is -0.126. The molecule has 1 fully saturated rings. The highest BCUT2D eigenvalue weighted by Gasteiger charge is 2.21. The van der Waals surface area contributed by atoms with Crippen molar-refractivity contribution in [3.63, 3.8) is 0 Å². The minimum atomic E-state index is -0.491. The summed E-state index contributed by atoms with van der Waals surface area (Å²) >= 11 is 5.72. The number of piperazine rings is 1. The van der Waals surface area contributed by atoms with Gasteiger partial charge < -0.3 is 9.80 Å². The van der Waals surface area contributed by atoms with Crippen LogP contribution in [0.15, 0.2) is 48.5 Å². The van der Waals surface area contributed by atoms with E-state index in [0.29, 0.717) is 37.4 Å². The summed E-state index contributed by atoms with van der Waals surface area (Å²) in [5, 5.41) is 0.0214. The van der Waals surface area contributed by atoms with Crippen LogP contribution in [0.1, 0.15) is 5.56 Å². The Balaban J connectivity index is 1.59. The molecule has 1 amide bonds. The minimum absolute atomic E-state index is 0.0214. The van der Waals surface area contributed by atoms with Crippen LogP contribution in [0, 0.1) is 11.6 Å². The van der Waals surface area contributed by atoms with E-state index in [2.05, 4.69) is 0 Å². The van der Waals surface area contributed by atoms with Crippen molar-refractivity contribution < 1.29 is 13.6 Å². The number of hydrogen-bond acceptors (Lipinski definition) is 2. The fourth-order valence-corrected chi connectivity index (χ4v) is 2.95. The third-order valence-corrected chi connectivity index (χ3v) is 4.44. The molecule has 0 aromatic heterocycles. The average Bonchev–Trinajstić information content (AvgIpc) is 2.63. The van der Waals surface area contributed by atoms with Crippen LogP contribution in [0.25, 0.3) is 6.08 Å². The Kier molecular flexibility index (Phi) is 5.34. The Morgan fingerprint density at radius 2 is 1.72 bits per heavy atom. The molecule has 1 aliphatic heterocycles. The summed E-state index contributed by atoms with van der Waals surface area (Å²) in [6.07, 6.45) is 3.05. The molecule has 0 radical (unpaired) electrons. The molecule has 3 nitrogen and oxygen atoms in total. The first kappa shape index (κ1) is 17.4. The summed E-state index contributed by atoms with van der Waals surface area (Å²) in [6, 6.07) is 10.9. The van der Waals surface area contributed by atoms with Crippen LogP contribution in [0.3, 0.4) is 0 Å². The van der Waals surface area contributed by atoms with E-state index < -0.39 is 5.82 Å². The first-order chi connectivity index (χ1) is 12.0. The molecule has 0 N–H and O–H groups in total. The SMILES string of the molecule is O=C(/C=C/c1ccc(F)c(Cl)c1)N1CCN(c2ccccc2F)CC1. The van der Waals surface area contributed by atoms with Crippen molar-refractivity contribution in [3.05, 3.63) is 70.8 Å². The van der Waals surface area contributed by atoms with Crippen molar-refractivity contribution in [1.82, 2.24) is 4.90 Å². The van der Waals surface area contributed by atoms with Gasteiger partial charge in [-0.25, -0.2) is 8.78 Å². The van der Waals surface area contributed by atoms with Crippen molar-refractivity contribution in [1.29, 1.82) is 0 Å². The van der Waals surface area contributed by atoms with E-state index in [9.17, 15) is 13.6 Å². The first-order valence-corrected chi connectivity index (χ1v) is 8.34. The van der Waals surface area contributed by atoms with Crippen LogP contribution in [-0.2, 0) is 4.79 Å². The van der Waals surface area contributed by atoms with Crippen molar-refractivity contribution in [2.24, 2.45) is 0 Å². The van der Waals surface area contributed by atoms with Crippen LogP contribution < -0.4 is 4.90 Å². The maximum atomic E-state index is 13.8. The zero-order valence-corrected chi connectivity index (χ0v) is 14.2. The molecule has 0 aliphatic carbocycles. The largest absolute Gasteiger partial charge is 0.366 e. The second kappa shape index (κ2) is 7.66. The molecular formula is C19H17ClF2N2O. The molecule has 130 valence electrons. The molecular weight excluding hydrogens is 346 g/mol. The number of para-hydroxylation sites is 1. The van der Waals surface area contributed by atoms with E-state index in [-0.39, 0.29) is 16.7 Å². The molecule has 2 aromatic carbocycles. The number of hydrogen-bond donors (Lipinski definition) is 0. The number of rotatable bonds is 3. The van der Waals surface area contributed by atoms with Gasteiger partial charge in [-0.05, 0) is 35.9 Å². The number of carbonyl (C=O) groups is 1. The third kappa shape index (κ3) is 4.17. The van der Waals surface area contributed by atoms with Crippen molar-refractivity contribution in [2.45, 2.75) is 0 Å². The zero-order valence-electron chi connectivity index (χ0n) is 13.5. The number of benzene rings is 2. The number of halogens is 3. The molecule has 0 atom stereocenters. The molecule has 2 aromatic rings. The Morgan fingerprint density at radius 1 is 1.00 bits per heavy atom. The van der Waals surface area contributed by atoms with Gasteiger partial charge in [0.1, 0.15) is 11.6 Å². The standard InChI is InChI=1S/C19H17ClF2N2O/c20-15-13-14(5-7-16(15)21)6-8-19(25)24-11-9-23(10-12-24)18-4-2-1-3-17(18)22/h1-8,13H,9-12H2/b8-6+. The molecule has 1 aliphatic rings. The fourth-order valence-electron chi connectivity index (χ4n) is 2.76. The number of anilines is 1. The van der Waals surface area contributed by atoms with E-state index in [0.717, 1.165) is 0 Å². The highest BCUT2D eigenvalue weighted by molar-refractivity contribution is 6.30. The van der Waals surface area contributed by atoms with E-state index in [1.54, 1.807) is 35.2 Å². The highest BCUT2D eigenvalue weighted by Crippen LogP contribution is 2.20. The Morgan fingerprint density at radius 3 is 2.40 bits per heavy atom. The van der Waals surface area contributed by atoms with Crippen molar-refractivity contribution in [3.8, 4) is 0 Å². The second-order valence-corrected chi connectivity index (χ2v) is 6.18. The second-order valence-electron chi connectivity index (χ2n) is 5.77. The van der Waals surface area contributed by atoms with Gasteiger partial charge in [0.2, 0.25) is 5.91 Å². The molecule has 0 unspecified atom stereocenters. The molecule has 0 bridgehead atoms. The summed E-state index contributed by atoms with van der Waals surface area (Å²) in [4.78, 5) is 15.9. The lowest BCUT2D eigenvalue weighted by atomic mass is 10.2. The lowest BCUT2D eigenvalue weighted by Crippen LogP contribution is -2.48. The zero-order chi connectivity index (χ0) is 17.8. The van der Waals surface area contributed by atoms with Gasteiger partial charge in [0.05, 0.1) is 10.7 Å². The van der Waals surface area contributed by atoms with E-state index >= 15 is 0 Å². The summed E-state index contributed by atoms with van der Waals surface area (Å²) in [7, 11) is 0. The Hall–Kier alpha value is -2.40. The van der Waals surface area contributed by atoms with E-state index in [1.165, 1.54) is 24.3 Å². The normalized spacial score (nSPS) is 15.0. The third-order valence-electron chi connectivity index (χ3n) is 4.15. The van der Waals surface area contributed by atoms with Gasteiger partial charge in [-0.3, -0.25) is 4.79 Å². The number of nitrogens with zero attached hydrogens (tertiary/aromatic N) is 2. The molecule has 1 saturated heterocycles. The first-order valence-electron chi connectivity index (χ1n) is 7.96. The average molecular weight is 363 g/mol. The van der Waals surface area contributed by atoms with Gasteiger partial charge in [0, 0.05) is 32.3 Å². The number of carbonyl (C=O) groups excluding carboxylic acids is 1. The molecule has 3 rings (SSSR count). The summed E-state index contributed by atoms with van der Waals surface area (Å²) < 4.78 is 27.0. The fraction of sp³-hybridized carbons (Fsp3) is 0.211. The monoisotopic (exact) mass is 362 g/mol. The minimum Gasteiger partial charge on any atom is -0.366 e. The summed E-state index contributed by atoms with van der Waals surface area (Å²) in [6.45, 7) is 2.18. The van der Waals surface area contributed by atoms with Gasteiger partial charge in [-0.2, -0.15) is 0 Å². The molecule has 1 heterocycles. The van der Waals surface area contributed by atoms with Gasteiger partial charge in [0.15, 0.2) is 0 Å². The molecule has 6 heteroatoms. The van der Waals surface area contributed by atoms with Crippen LogP contribution in [0.5, 0.6) is 0 Å². The lowest BCUT2D eigenvalue weighted by Gasteiger charge is -2.35. The van der Waals surface area contributed by atoms with Crippen LogP contribution in [0.2, 0.25) is 5.02 Å². The van der Waals surface area contributed by atoms with Crippen LogP contribution >= 0.6 is 11.6 Å². The van der Waals surface area contributed by atoms with Crippen molar-refractivity contribution in [2.75, 3.05) is 31.1 Å². The number of amides is 1. The maximum Gasteiger partial charge on any atom is 0.246 e.